The second kappa shape index (κ2) is 9.51. The fourth-order valence-electron chi connectivity index (χ4n) is 4.36. The molecule has 1 aliphatic rings. The van der Waals surface area contributed by atoms with Crippen LogP contribution in [-0.2, 0) is 11.3 Å². The standard InChI is InChI=1S/C26H28N6O2/c1-18-4-3-5-21(16-18)25-29-28-23-10-11-24(30-32(23)25)31-14-12-20(13-15-31)26(33)27-17-19-6-8-22(34-2)9-7-19/h3-11,16,20H,12-15,17H2,1-2H3,(H,27,33). The average molecular weight is 457 g/mol. The molecule has 4 aromatic rings. The van der Waals surface area contributed by atoms with Gasteiger partial charge in [0.15, 0.2) is 11.5 Å². The van der Waals surface area contributed by atoms with E-state index >= 15 is 0 Å². The molecule has 174 valence electrons. The Morgan fingerprint density at radius 3 is 2.59 bits per heavy atom. The predicted octanol–water partition coefficient (Wildman–Crippen LogP) is 3.64. The highest BCUT2D eigenvalue weighted by Crippen LogP contribution is 2.24. The molecule has 1 amide bonds. The lowest BCUT2D eigenvalue weighted by molar-refractivity contribution is -0.125. The van der Waals surface area contributed by atoms with Crippen LogP contribution in [0.3, 0.4) is 0 Å². The number of benzene rings is 2. The van der Waals surface area contributed by atoms with Crippen LogP contribution < -0.4 is 15.0 Å². The van der Waals surface area contributed by atoms with E-state index in [4.69, 9.17) is 9.84 Å². The van der Waals surface area contributed by atoms with Crippen molar-refractivity contribution in [2.24, 2.45) is 5.92 Å². The maximum absolute atomic E-state index is 12.7. The lowest BCUT2D eigenvalue weighted by atomic mass is 9.96. The Morgan fingerprint density at radius 1 is 1.06 bits per heavy atom. The summed E-state index contributed by atoms with van der Waals surface area (Å²) in [5.41, 5.74) is 3.93. The normalized spacial score (nSPS) is 14.4. The van der Waals surface area contributed by atoms with Crippen LogP contribution in [0, 0.1) is 12.8 Å². The van der Waals surface area contributed by atoms with Crippen molar-refractivity contribution in [3.05, 3.63) is 71.8 Å². The fourth-order valence-corrected chi connectivity index (χ4v) is 4.36. The number of methoxy groups -OCH3 is 1. The first-order valence-electron chi connectivity index (χ1n) is 11.6. The van der Waals surface area contributed by atoms with Crippen LogP contribution in [0.5, 0.6) is 5.75 Å². The number of hydrogen-bond donors (Lipinski definition) is 1. The van der Waals surface area contributed by atoms with Gasteiger partial charge in [0.05, 0.1) is 7.11 Å². The Labute approximate surface area is 198 Å². The maximum atomic E-state index is 12.7. The Balaban J connectivity index is 1.22. The Kier molecular flexibility index (Phi) is 6.12. The van der Waals surface area contributed by atoms with E-state index in [2.05, 4.69) is 39.5 Å². The zero-order chi connectivity index (χ0) is 23.5. The number of aryl methyl sites for hydroxylation is 1. The van der Waals surface area contributed by atoms with E-state index < -0.39 is 0 Å². The molecule has 0 radical (unpaired) electrons. The summed E-state index contributed by atoms with van der Waals surface area (Å²) in [6.07, 6.45) is 1.59. The number of amides is 1. The molecule has 0 aliphatic carbocycles. The first-order valence-corrected chi connectivity index (χ1v) is 11.6. The van der Waals surface area contributed by atoms with E-state index in [1.54, 1.807) is 11.6 Å². The zero-order valence-electron chi connectivity index (χ0n) is 19.4. The summed E-state index contributed by atoms with van der Waals surface area (Å²) in [6, 6.07) is 19.9. The van der Waals surface area contributed by atoms with Gasteiger partial charge in [0, 0.05) is 31.1 Å². The van der Waals surface area contributed by atoms with Gasteiger partial charge in [-0.1, -0.05) is 35.9 Å². The van der Waals surface area contributed by atoms with Gasteiger partial charge in [0.2, 0.25) is 5.91 Å². The molecule has 0 saturated carbocycles. The number of carbonyl (C=O) groups is 1. The van der Waals surface area contributed by atoms with Gasteiger partial charge in [-0.15, -0.1) is 15.3 Å². The summed E-state index contributed by atoms with van der Waals surface area (Å²) in [4.78, 5) is 14.9. The maximum Gasteiger partial charge on any atom is 0.223 e. The predicted molar refractivity (Wildman–Crippen MR) is 131 cm³/mol. The monoisotopic (exact) mass is 456 g/mol. The second-order valence-corrected chi connectivity index (χ2v) is 8.68. The summed E-state index contributed by atoms with van der Waals surface area (Å²) in [6.45, 7) is 4.14. The average Bonchev–Trinajstić information content (AvgIpc) is 3.31. The molecule has 1 fully saturated rings. The molecular weight excluding hydrogens is 428 g/mol. The van der Waals surface area contributed by atoms with E-state index in [1.165, 1.54) is 0 Å². The third-order valence-corrected chi connectivity index (χ3v) is 6.34. The van der Waals surface area contributed by atoms with Gasteiger partial charge in [-0.05, 0) is 55.7 Å². The lowest BCUT2D eigenvalue weighted by Gasteiger charge is -2.32. The van der Waals surface area contributed by atoms with Crippen molar-refractivity contribution in [2.75, 3.05) is 25.1 Å². The number of fused-ring (bicyclic) bond motifs is 1. The van der Waals surface area contributed by atoms with Gasteiger partial charge in [0.1, 0.15) is 11.6 Å². The number of anilines is 1. The molecule has 0 spiro atoms. The molecule has 8 heteroatoms. The topological polar surface area (TPSA) is 84.6 Å². The van der Waals surface area contributed by atoms with Crippen molar-refractivity contribution in [1.29, 1.82) is 0 Å². The molecule has 0 bridgehead atoms. The highest BCUT2D eigenvalue weighted by molar-refractivity contribution is 5.79. The third kappa shape index (κ3) is 4.57. The quantitative estimate of drug-likeness (QED) is 0.477. The van der Waals surface area contributed by atoms with Crippen LogP contribution in [0.4, 0.5) is 5.82 Å². The van der Waals surface area contributed by atoms with Crippen LogP contribution in [0.15, 0.2) is 60.7 Å². The largest absolute Gasteiger partial charge is 0.497 e. The van der Waals surface area contributed by atoms with E-state index in [9.17, 15) is 4.79 Å². The first kappa shape index (κ1) is 21.9. The van der Waals surface area contributed by atoms with E-state index in [-0.39, 0.29) is 11.8 Å². The number of carbonyl (C=O) groups excluding carboxylic acids is 1. The zero-order valence-corrected chi connectivity index (χ0v) is 19.4. The molecule has 2 aromatic carbocycles. The van der Waals surface area contributed by atoms with Gasteiger partial charge in [-0.3, -0.25) is 4.79 Å². The van der Waals surface area contributed by atoms with Crippen LogP contribution in [0.2, 0.25) is 0 Å². The third-order valence-electron chi connectivity index (χ3n) is 6.34. The van der Waals surface area contributed by atoms with Crippen LogP contribution in [0.25, 0.3) is 17.0 Å². The van der Waals surface area contributed by atoms with Crippen molar-refractivity contribution in [1.82, 2.24) is 25.1 Å². The van der Waals surface area contributed by atoms with Gasteiger partial charge in [0.25, 0.3) is 0 Å². The molecule has 3 heterocycles. The molecule has 0 unspecified atom stereocenters. The highest BCUT2D eigenvalue weighted by Gasteiger charge is 2.26. The van der Waals surface area contributed by atoms with Crippen LogP contribution in [0.1, 0.15) is 24.0 Å². The van der Waals surface area contributed by atoms with Crippen LogP contribution in [-0.4, -0.2) is 45.9 Å². The minimum atomic E-state index is 0.0102. The number of nitrogens with one attached hydrogen (secondary N) is 1. The number of aromatic nitrogens is 4. The van der Waals surface area contributed by atoms with Crippen molar-refractivity contribution in [3.8, 4) is 17.1 Å². The lowest BCUT2D eigenvalue weighted by Crippen LogP contribution is -2.40. The van der Waals surface area contributed by atoms with Crippen molar-refractivity contribution >= 4 is 17.4 Å². The van der Waals surface area contributed by atoms with E-state index in [1.807, 2.05) is 48.5 Å². The number of hydrogen-bond acceptors (Lipinski definition) is 6. The molecule has 5 rings (SSSR count). The van der Waals surface area contributed by atoms with Crippen molar-refractivity contribution < 1.29 is 9.53 Å². The fraction of sp³-hybridized carbons (Fsp3) is 0.308. The minimum Gasteiger partial charge on any atom is -0.497 e. The van der Waals surface area contributed by atoms with Gasteiger partial charge < -0.3 is 15.0 Å². The molecule has 1 saturated heterocycles. The van der Waals surface area contributed by atoms with Gasteiger partial charge in [-0.2, -0.15) is 4.52 Å². The second-order valence-electron chi connectivity index (χ2n) is 8.68. The highest BCUT2D eigenvalue weighted by atomic mass is 16.5. The minimum absolute atomic E-state index is 0.0102. The van der Waals surface area contributed by atoms with Gasteiger partial charge in [-0.25, -0.2) is 0 Å². The summed E-state index contributed by atoms with van der Waals surface area (Å²) < 4.78 is 6.99. The molecule has 0 atom stereocenters. The molecule has 34 heavy (non-hydrogen) atoms. The summed E-state index contributed by atoms with van der Waals surface area (Å²) in [5.74, 6) is 2.54. The number of rotatable bonds is 6. The number of ether oxygens (including phenoxy) is 1. The van der Waals surface area contributed by atoms with E-state index in [0.717, 1.165) is 60.0 Å². The van der Waals surface area contributed by atoms with Crippen LogP contribution >= 0.6 is 0 Å². The molecule has 1 N–H and O–H groups in total. The molecule has 2 aromatic heterocycles. The summed E-state index contributed by atoms with van der Waals surface area (Å²) >= 11 is 0. The smallest absolute Gasteiger partial charge is 0.223 e. The molecule has 8 nitrogen and oxygen atoms in total. The Bertz CT molecular complexity index is 1290. The SMILES string of the molecule is COc1ccc(CNC(=O)C2CCN(c3ccc4nnc(-c5cccc(C)c5)n4n3)CC2)cc1. The number of piperidine rings is 1. The summed E-state index contributed by atoms with van der Waals surface area (Å²) in [7, 11) is 1.64. The van der Waals surface area contributed by atoms with E-state index in [0.29, 0.717) is 12.2 Å². The molecular formula is C26H28N6O2. The van der Waals surface area contributed by atoms with Gasteiger partial charge >= 0.3 is 0 Å². The Hall–Kier alpha value is -3.94. The summed E-state index contributed by atoms with van der Waals surface area (Å²) in [5, 5.41) is 16.5. The Morgan fingerprint density at radius 2 is 1.85 bits per heavy atom. The molecule has 1 aliphatic heterocycles. The first-order chi connectivity index (χ1) is 16.6. The number of nitrogens with zero attached hydrogens (tertiary/aromatic N) is 5. The van der Waals surface area contributed by atoms with Crippen molar-refractivity contribution in [3.63, 3.8) is 0 Å². The van der Waals surface area contributed by atoms with Crippen molar-refractivity contribution in [2.45, 2.75) is 26.3 Å².